The highest BCUT2D eigenvalue weighted by atomic mass is 16.5. The molecular weight excluding hydrogens is 386 g/mol. The number of benzene rings is 2. The minimum atomic E-state index is -0.826. The van der Waals surface area contributed by atoms with Gasteiger partial charge in [0.25, 0.3) is 0 Å². The topological polar surface area (TPSA) is 128 Å². The Balaban J connectivity index is 1.64. The van der Waals surface area contributed by atoms with Crippen molar-refractivity contribution in [2.75, 3.05) is 17.7 Å². The number of nitrogens with two attached hydrogens (primary N) is 1. The summed E-state index contributed by atoms with van der Waals surface area (Å²) in [5, 5.41) is 9.90. The number of rotatable bonds is 5. The van der Waals surface area contributed by atoms with Crippen LogP contribution in [-0.2, 0) is 9.59 Å². The first kappa shape index (κ1) is 19.2. The van der Waals surface area contributed by atoms with Crippen molar-refractivity contribution >= 4 is 29.2 Å². The highest BCUT2D eigenvalue weighted by Crippen LogP contribution is 2.38. The number of carbonyl (C=O) groups excluding carboxylic acids is 3. The first-order valence-electron chi connectivity index (χ1n) is 9.19. The van der Waals surface area contributed by atoms with E-state index in [1.807, 2.05) is 24.3 Å². The third-order valence-electron chi connectivity index (χ3n) is 4.86. The molecule has 3 amide bonds. The fourth-order valence-corrected chi connectivity index (χ4v) is 3.38. The third kappa shape index (κ3) is 3.48. The Morgan fingerprint density at radius 2 is 1.90 bits per heavy atom. The summed E-state index contributed by atoms with van der Waals surface area (Å²) in [6.07, 6.45) is 1.55. The number of para-hydroxylation sites is 1. The molecule has 152 valence electrons. The molecule has 4 N–H and O–H groups in total. The lowest BCUT2D eigenvalue weighted by atomic mass is 10.1. The minimum Gasteiger partial charge on any atom is -0.496 e. The molecule has 4 rings (SSSR count). The summed E-state index contributed by atoms with van der Waals surface area (Å²) in [5.41, 5.74) is 7.46. The molecule has 1 aliphatic rings. The van der Waals surface area contributed by atoms with Gasteiger partial charge in [0.15, 0.2) is 0 Å². The largest absolute Gasteiger partial charge is 0.496 e. The van der Waals surface area contributed by atoms with Crippen LogP contribution in [0.25, 0.3) is 11.1 Å². The van der Waals surface area contributed by atoms with Gasteiger partial charge < -0.3 is 21.1 Å². The van der Waals surface area contributed by atoms with E-state index >= 15 is 0 Å². The van der Waals surface area contributed by atoms with Crippen molar-refractivity contribution < 1.29 is 19.1 Å². The Morgan fingerprint density at radius 3 is 2.60 bits per heavy atom. The van der Waals surface area contributed by atoms with Gasteiger partial charge >= 0.3 is 0 Å². The van der Waals surface area contributed by atoms with Crippen LogP contribution in [0.5, 0.6) is 5.75 Å². The first-order chi connectivity index (χ1) is 14.5. The predicted octanol–water partition coefficient (Wildman–Crippen LogP) is 2.18. The molecular formula is C21H19N5O4. The van der Waals surface area contributed by atoms with Crippen molar-refractivity contribution in [3.8, 4) is 16.9 Å². The molecule has 2 aromatic carbocycles. The molecule has 0 saturated heterocycles. The Bertz CT molecular complexity index is 1140. The number of hydrogen-bond donors (Lipinski definition) is 3. The van der Waals surface area contributed by atoms with E-state index in [1.165, 1.54) is 16.8 Å². The summed E-state index contributed by atoms with van der Waals surface area (Å²) < 4.78 is 6.90. The van der Waals surface area contributed by atoms with Crippen LogP contribution >= 0.6 is 0 Å². The quantitative estimate of drug-likeness (QED) is 0.599. The number of carbonyl (C=O) groups is 3. The molecule has 30 heavy (non-hydrogen) atoms. The Hall–Kier alpha value is -4.14. The zero-order valence-electron chi connectivity index (χ0n) is 16.1. The highest BCUT2D eigenvalue weighted by molar-refractivity contribution is 6.03. The van der Waals surface area contributed by atoms with Gasteiger partial charge in [0, 0.05) is 22.4 Å². The van der Waals surface area contributed by atoms with Gasteiger partial charge in [-0.15, -0.1) is 0 Å². The molecule has 1 atom stereocenters. The summed E-state index contributed by atoms with van der Waals surface area (Å²) >= 11 is 0. The zero-order chi connectivity index (χ0) is 21.3. The Morgan fingerprint density at radius 1 is 1.17 bits per heavy atom. The number of fused-ring (bicyclic) bond motifs is 1. The van der Waals surface area contributed by atoms with Gasteiger partial charge in [0.1, 0.15) is 17.6 Å². The van der Waals surface area contributed by atoms with E-state index in [0.29, 0.717) is 28.4 Å². The van der Waals surface area contributed by atoms with E-state index in [2.05, 4.69) is 15.7 Å². The monoisotopic (exact) mass is 405 g/mol. The van der Waals surface area contributed by atoms with E-state index in [0.717, 1.165) is 5.56 Å². The number of nitrogens with one attached hydrogen (secondary N) is 2. The molecule has 0 spiro atoms. The summed E-state index contributed by atoms with van der Waals surface area (Å²) in [7, 11) is 1.56. The Kier molecular flexibility index (Phi) is 4.93. The lowest BCUT2D eigenvalue weighted by Crippen LogP contribution is -2.35. The number of hydrogen-bond acceptors (Lipinski definition) is 5. The smallest absolute Gasteiger partial charge is 0.249 e. The van der Waals surface area contributed by atoms with Gasteiger partial charge in [0.05, 0.1) is 19.7 Å². The molecule has 0 saturated carbocycles. The van der Waals surface area contributed by atoms with Crippen LogP contribution in [-0.4, -0.2) is 34.6 Å². The molecule has 0 bridgehead atoms. The number of ether oxygens (including phenoxy) is 1. The molecule has 0 radical (unpaired) electrons. The second kappa shape index (κ2) is 7.70. The summed E-state index contributed by atoms with van der Waals surface area (Å²) in [4.78, 5) is 36.4. The molecule has 9 heteroatoms. The van der Waals surface area contributed by atoms with Gasteiger partial charge in [-0.05, 0) is 30.3 Å². The number of aromatic nitrogens is 2. The maximum atomic E-state index is 12.9. The van der Waals surface area contributed by atoms with E-state index in [4.69, 9.17) is 10.5 Å². The summed E-state index contributed by atoms with van der Waals surface area (Å²) in [6.45, 7) is 0. The van der Waals surface area contributed by atoms with Gasteiger partial charge in [-0.1, -0.05) is 18.2 Å². The molecule has 0 aliphatic carbocycles. The van der Waals surface area contributed by atoms with E-state index in [-0.39, 0.29) is 12.3 Å². The molecule has 1 aliphatic heterocycles. The molecule has 1 aromatic heterocycles. The van der Waals surface area contributed by atoms with Crippen LogP contribution in [0, 0.1) is 0 Å². The van der Waals surface area contributed by atoms with Gasteiger partial charge in [-0.3, -0.25) is 14.4 Å². The first-order valence-corrected chi connectivity index (χ1v) is 9.19. The van der Waals surface area contributed by atoms with Crippen molar-refractivity contribution in [3.63, 3.8) is 0 Å². The van der Waals surface area contributed by atoms with Crippen molar-refractivity contribution in [1.29, 1.82) is 0 Å². The van der Waals surface area contributed by atoms with Crippen LogP contribution in [0.15, 0.2) is 54.7 Å². The van der Waals surface area contributed by atoms with E-state index in [1.54, 1.807) is 25.4 Å². The average Bonchev–Trinajstić information content (AvgIpc) is 3.16. The maximum Gasteiger partial charge on any atom is 0.249 e. The highest BCUT2D eigenvalue weighted by Gasteiger charge is 2.33. The predicted molar refractivity (Wildman–Crippen MR) is 110 cm³/mol. The minimum absolute atomic E-state index is 0.0503. The normalized spacial score (nSPS) is 15.1. The van der Waals surface area contributed by atoms with Crippen molar-refractivity contribution in [2.24, 2.45) is 5.73 Å². The third-order valence-corrected chi connectivity index (χ3v) is 4.86. The summed E-state index contributed by atoms with van der Waals surface area (Å²) in [6, 6.07) is 12.7. The second-order valence-corrected chi connectivity index (χ2v) is 6.75. The standard InChI is InChI=1S/C21H19N5O4/c1-30-17-5-3-2-4-14(17)15-11-23-26-16(10-18(27)25-20(15)26)21(29)24-13-8-6-12(7-9-13)19(22)28/h2-9,11,16H,10H2,1H3,(H2,22,28)(H,24,29)(H,25,27)/t16-/m1/s1. The molecule has 3 aromatic rings. The Labute approximate surface area is 171 Å². The zero-order valence-corrected chi connectivity index (χ0v) is 16.1. The van der Waals surface area contributed by atoms with Crippen LogP contribution < -0.4 is 21.1 Å². The number of primary amides is 1. The molecule has 9 nitrogen and oxygen atoms in total. The fourth-order valence-electron chi connectivity index (χ4n) is 3.38. The van der Waals surface area contributed by atoms with Gasteiger partial charge in [-0.25, -0.2) is 4.68 Å². The number of amides is 3. The van der Waals surface area contributed by atoms with Crippen LogP contribution in [0.4, 0.5) is 11.5 Å². The molecule has 0 unspecified atom stereocenters. The van der Waals surface area contributed by atoms with Gasteiger partial charge in [0.2, 0.25) is 17.7 Å². The average molecular weight is 405 g/mol. The lowest BCUT2D eigenvalue weighted by molar-refractivity contribution is -0.125. The van der Waals surface area contributed by atoms with E-state index < -0.39 is 17.9 Å². The van der Waals surface area contributed by atoms with Crippen LogP contribution in [0.3, 0.4) is 0 Å². The number of nitrogens with zero attached hydrogens (tertiary/aromatic N) is 2. The maximum absolute atomic E-state index is 12.9. The van der Waals surface area contributed by atoms with Crippen LogP contribution in [0.1, 0.15) is 22.8 Å². The molecule has 2 heterocycles. The van der Waals surface area contributed by atoms with Gasteiger partial charge in [-0.2, -0.15) is 5.10 Å². The van der Waals surface area contributed by atoms with Crippen LogP contribution in [0.2, 0.25) is 0 Å². The summed E-state index contributed by atoms with van der Waals surface area (Å²) in [5.74, 6) is -0.179. The number of methoxy groups -OCH3 is 1. The van der Waals surface area contributed by atoms with E-state index in [9.17, 15) is 14.4 Å². The van der Waals surface area contributed by atoms with Crippen molar-refractivity contribution in [2.45, 2.75) is 12.5 Å². The second-order valence-electron chi connectivity index (χ2n) is 6.75. The van der Waals surface area contributed by atoms with Crippen molar-refractivity contribution in [3.05, 3.63) is 60.3 Å². The fraction of sp³-hybridized carbons (Fsp3) is 0.143. The van der Waals surface area contributed by atoms with Crippen molar-refractivity contribution in [1.82, 2.24) is 9.78 Å². The lowest BCUT2D eigenvalue weighted by Gasteiger charge is -2.24. The SMILES string of the molecule is COc1ccccc1-c1cnn2c1NC(=O)C[C@@H]2C(=O)Nc1ccc(C(N)=O)cc1. The molecule has 0 fully saturated rings. The number of anilines is 2.